The zero-order valence-electron chi connectivity index (χ0n) is 30.1. The second-order valence-corrected chi connectivity index (χ2v) is 16.5. The van der Waals surface area contributed by atoms with Crippen LogP contribution >= 0.6 is 0 Å². The lowest BCUT2D eigenvalue weighted by molar-refractivity contribution is -0.199. The summed E-state index contributed by atoms with van der Waals surface area (Å²) in [5.74, 6) is 0.159. The average Bonchev–Trinajstić information content (AvgIpc) is 3.55. The van der Waals surface area contributed by atoms with Gasteiger partial charge in [-0.05, 0) is 92.4 Å². The number of amides is 3. The van der Waals surface area contributed by atoms with Gasteiger partial charge in [-0.3, -0.25) is 4.79 Å². The number of carbonyl (C=O) groups excluding carboxylic acids is 3. The fourth-order valence-corrected chi connectivity index (χ4v) is 8.59. The van der Waals surface area contributed by atoms with Gasteiger partial charge >= 0.3 is 19.3 Å². The number of nitrogens with one attached hydrogen (secondary N) is 3. The molecule has 11 heteroatoms. The lowest BCUT2D eigenvalue weighted by Crippen LogP contribution is -2.65. The Labute approximate surface area is 290 Å². The van der Waals surface area contributed by atoms with Crippen LogP contribution in [-0.2, 0) is 23.6 Å². The second-order valence-electron chi connectivity index (χ2n) is 16.5. The van der Waals surface area contributed by atoms with Crippen molar-refractivity contribution in [3.8, 4) is 11.1 Å². The molecule has 6 atom stereocenters. The summed E-state index contributed by atoms with van der Waals surface area (Å²) >= 11 is 0. The quantitative estimate of drug-likeness (QED) is 0.256. The molecule has 3 N–H and O–H groups in total. The Bertz CT molecular complexity index is 1530. The molecule has 7 rings (SSSR count). The zero-order chi connectivity index (χ0) is 35.3. The van der Waals surface area contributed by atoms with Gasteiger partial charge in [0.15, 0.2) is 0 Å². The highest BCUT2D eigenvalue weighted by Gasteiger charge is 2.68. The molecule has 0 radical (unpaired) electrons. The summed E-state index contributed by atoms with van der Waals surface area (Å²) in [5.41, 5.74) is 3.44. The Morgan fingerprint density at radius 1 is 0.939 bits per heavy atom. The average molecular weight is 674 g/mol. The van der Waals surface area contributed by atoms with Crippen LogP contribution in [0.5, 0.6) is 0 Å². The monoisotopic (exact) mass is 673 g/mol. The van der Waals surface area contributed by atoms with E-state index in [0.29, 0.717) is 18.3 Å². The van der Waals surface area contributed by atoms with Gasteiger partial charge in [0.2, 0.25) is 5.91 Å². The van der Waals surface area contributed by atoms with E-state index in [4.69, 9.17) is 18.8 Å². The SMILES string of the molecule is CC(C)C[C@H](NC(=O)[C@H](CNC(=O)OCC1c2ccccc2-c2ccccc21)NC(=O)OC(C)(C)C)B1O[C@@H]2C[C@@H]3C[C@@H](C3(C)C)[C@]2(C)O1. The minimum absolute atomic E-state index is 0.0354. The van der Waals surface area contributed by atoms with Crippen LogP contribution in [0.2, 0.25) is 0 Å². The fraction of sp³-hybridized carbons (Fsp3) is 0.605. The molecule has 3 saturated carbocycles. The number of hydrogen-bond acceptors (Lipinski definition) is 7. The van der Waals surface area contributed by atoms with E-state index in [-0.39, 0.29) is 36.5 Å². The molecule has 1 aliphatic heterocycles. The van der Waals surface area contributed by atoms with Crippen LogP contribution in [0.3, 0.4) is 0 Å². The number of rotatable bonds is 10. The molecule has 3 amide bonds. The van der Waals surface area contributed by atoms with Gasteiger partial charge in [0.25, 0.3) is 0 Å². The molecular weight excluding hydrogens is 621 g/mol. The van der Waals surface area contributed by atoms with Crippen LogP contribution in [0.15, 0.2) is 48.5 Å². The van der Waals surface area contributed by atoms with E-state index < -0.39 is 48.4 Å². The molecule has 1 heterocycles. The second kappa shape index (κ2) is 13.3. The number of alkyl carbamates (subject to hydrolysis) is 2. The third-order valence-electron chi connectivity index (χ3n) is 11.2. The molecule has 2 bridgehead atoms. The Balaban J connectivity index is 1.12. The Hall–Kier alpha value is -3.57. The first-order valence-electron chi connectivity index (χ1n) is 17.8. The first-order chi connectivity index (χ1) is 23.1. The van der Waals surface area contributed by atoms with E-state index in [1.165, 1.54) is 0 Å². The molecule has 1 saturated heterocycles. The topological polar surface area (TPSA) is 124 Å². The molecule has 10 nitrogen and oxygen atoms in total. The predicted octanol–water partition coefficient (Wildman–Crippen LogP) is 6.22. The van der Waals surface area contributed by atoms with E-state index in [9.17, 15) is 14.4 Å². The molecule has 0 spiro atoms. The maximum atomic E-state index is 13.9. The molecule has 0 unspecified atom stereocenters. The first-order valence-corrected chi connectivity index (χ1v) is 17.8. The van der Waals surface area contributed by atoms with Crippen molar-refractivity contribution in [2.75, 3.05) is 13.2 Å². The Morgan fingerprint density at radius 2 is 1.57 bits per heavy atom. The summed E-state index contributed by atoms with van der Waals surface area (Å²) in [6.07, 6.45) is 1.18. The number of ether oxygens (including phenoxy) is 2. The molecule has 0 aromatic heterocycles. The standard InChI is InChI=1S/C38H52BN3O7/c1-22(2)17-32(39-48-31-19-23-18-30(37(23,6)7)38(31,8)49-39)42-33(43)29(41-35(45)47-36(3,4)5)20-40-34(44)46-21-28-26-15-11-9-13-24(26)25-14-10-12-16-27(25)28/h9-16,22-23,28-32H,17-21H2,1-8H3,(H,40,44)(H,41,45)(H,42,43)/t23-,29-,30-,31+,32-,38-/m0/s1. The van der Waals surface area contributed by atoms with Crippen LogP contribution in [0.1, 0.15) is 91.7 Å². The predicted molar refractivity (Wildman–Crippen MR) is 188 cm³/mol. The molecular formula is C38H52BN3O7. The van der Waals surface area contributed by atoms with Gasteiger partial charge in [-0.15, -0.1) is 0 Å². The summed E-state index contributed by atoms with van der Waals surface area (Å²) in [7, 11) is -0.631. The lowest BCUT2D eigenvalue weighted by Gasteiger charge is -2.64. The van der Waals surface area contributed by atoms with Gasteiger partial charge in [-0.1, -0.05) is 76.2 Å². The van der Waals surface area contributed by atoms with E-state index in [1.54, 1.807) is 20.8 Å². The zero-order valence-corrected chi connectivity index (χ0v) is 30.1. The third-order valence-corrected chi connectivity index (χ3v) is 11.2. The summed E-state index contributed by atoms with van der Waals surface area (Å²) in [6, 6.07) is 15.1. The van der Waals surface area contributed by atoms with Crippen LogP contribution in [0.4, 0.5) is 9.59 Å². The molecule has 5 aliphatic rings. The van der Waals surface area contributed by atoms with Gasteiger partial charge in [-0.25, -0.2) is 9.59 Å². The lowest BCUT2D eigenvalue weighted by atomic mass is 9.43. The van der Waals surface area contributed by atoms with Gasteiger partial charge in [0, 0.05) is 5.92 Å². The minimum Gasteiger partial charge on any atom is -0.449 e. The highest BCUT2D eigenvalue weighted by molar-refractivity contribution is 6.48. The third kappa shape index (κ3) is 7.06. The number of benzene rings is 2. The largest absolute Gasteiger partial charge is 0.481 e. The van der Waals surface area contributed by atoms with Gasteiger partial charge in [0.1, 0.15) is 18.2 Å². The van der Waals surface area contributed by atoms with Crippen LogP contribution in [-0.4, -0.2) is 67.7 Å². The van der Waals surface area contributed by atoms with Crippen LogP contribution < -0.4 is 16.0 Å². The van der Waals surface area contributed by atoms with Crippen LogP contribution in [0, 0.1) is 23.2 Å². The number of hydrogen-bond donors (Lipinski definition) is 3. The van der Waals surface area contributed by atoms with Crippen molar-refractivity contribution < 1.29 is 33.2 Å². The highest BCUT2D eigenvalue weighted by Crippen LogP contribution is 2.65. The molecule has 49 heavy (non-hydrogen) atoms. The minimum atomic E-state index is -1.14. The summed E-state index contributed by atoms with van der Waals surface area (Å²) < 4.78 is 24.4. The summed E-state index contributed by atoms with van der Waals surface area (Å²) in [5, 5.41) is 8.46. The maximum absolute atomic E-state index is 13.9. The molecule has 4 fully saturated rings. The van der Waals surface area contributed by atoms with Crippen molar-refractivity contribution in [1.29, 1.82) is 0 Å². The maximum Gasteiger partial charge on any atom is 0.481 e. The highest BCUT2D eigenvalue weighted by atomic mass is 16.7. The smallest absolute Gasteiger partial charge is 0.449 e. The number of fused-ring (bicyclic) bond motifs is 3. The van der Waals surface area contributed by atoms with Crippen molar-refractivity contribution in [1.82, 2.24) is 16.0 Å². The number of carbonyl (C=O) groups is 3. The van der Waals surface area contributed by atoms with E-state index >= 15 is 0 Å². The van der Waals surface area contributed by atoms with Gasteiger partial charge in [-0.2, -0.15) is 0 Å². The fourth-order valence-electron chi connectivity index (χ4n) is 8.59. The molecule has 2 aromatic rings. The van der Waals surface area contributed by atoms with Crippen molar-refractivity contribution in [3.63, 3.8) is 0 Å². The van der Waals surface area contributed by atoms with E-state index in [0.717, 1.165) is 35.1 Å². The van der Waals surface area contributed by atoms with Crippen molar-refractivity contribution in [2.24, 2.45) is 23.2 Å². The van der Waals surface area contributed by atoms with Crippen molar-refractivity contribution >= 4 is 25.2 Å². The normalized spacial score (nSPS) is 26.1. The first kappa shape index (κ1) is 35.3. The summed E-state index contributed by atoms with van der Waals surface area (Å²) in [6.45, 7) is 16.1. The van der Waals surface area contributed by atoms with E-state index in [2.05, 4.69) is 74.8 Å². The van der Waals surface area contributed by atoms with Crippen molar-refractivity contribution in [3.05, 3.63) is 59.7 Å². The van der Waals surface area contributed by atoms with E-state index in [1.807, 2.05) is 24.3 Å². The Kier molecular flexibility index (Phi) is 9.56. The summed E-state index contributed by atoms with van der Waals surface area (Å²) in [4.78, 5) is 39.9. The Morgan fingerprint density at radius 3 is 2.16 bits per heavy atom. The van der Waals surface area contributed by atoms with Crippen molar-refractivity contribution in [2.45, 2.75) is 110 Å². The van der Waals surface area contributed by atoms with Gasteiger partial charge in [0.05, 0.1) is 24.2 Å². The molecule has 4 aliphatic carbocycles. The molecule has 264 valence electrons. The molecule has 2 aromatic carbocycles. The van der Waals surface area contributed by atoms with Gasteiger partial charge < -0.3 is 34.7 Å². The van der Waals surface area contributed by atoms with Crippen LogP contribution in [0.25, 0.3) is 11.1 Å².